The van der Waals surface area contributed by atoms with Gasteiger partial charge in [0.15, 0.2) is 11.5 Å². The molecule has 0 fully saturated rings. The fourth-order valence-corrected chi connectivity index (χ4v) is 3.79. The summed E-state index contributed by atoms with van der Waals surface area (Å²) < 4.78 is 27.9. The molecule has 1 heterocycles. The lowest BCUT2D eigenvalue weighted by Crippen LogP contribution is -2.09. The lowest BCUT2D eigenvalue weighted by Gasteiger charge is -2.15. The van der Waals surface area contributed by atoms with Crippen LogP contribution in [0.2, 0.25) is 0 Å². The van der Waals surface area contributed by atoms with E-state index in [1.807, 2.05) is 66.9 Å². The van der Waals surface area contributed by atoms with Crippen LogP contribution in [0.15, 0.2) is 71.9 Å². The second kappa shape index (κ2) is 13.0. The summed E-state index contributed by atoms with van der Waals surface area (Å²) in [7, 11) is 3.26. The minimum Gasteiger partial charge on any atom is -0.487 e. The zero-order valence-corrected chi connectivity index (χ0v) is 21.3. The Bertz CT molecular complexity index is 1250. The molecule has 0 aliphatic carbocycles. The number of methoxy groups -OCH3 is 2. The van der Waals surface area contributed by atoms with Gasteiger partial charge in [0.1, 0.15) is 36.9 Å². The van der Waals surface area contributed by atoms with E-state index in [-0.39, 0.29) is 0 Å². The third-order valence-electron chi connectivity index (χ3n) is 5.20. The van der Waals surface area contributed by atoms with Crippen molar-refractivity contribution in [3.63, 3.8) is 0 Å². The van der Waals surface area contributed by atoms with Crippen molar-refractivity contribution in [2.45, 2.75) is 4.90 Å². The number of nitrogens with zero attached hydrogens (tertiary/aromatic N) is 2. The van der Waals surface area contributed by atoms with Crippen molar-refractivity contribution in [1.29, 1.82) is 0 Å². The van der Waals surface area contributed by atoms with Crippen LogP contribution in [-0.4, -0.2) is 56.9 Å². The number of hydrogen-bond acceptors (Lipinski definition) is 9. The number of anilines is 2. The molecule has 8 nitrogen and oxygen atoms in total. The summed E-state index contributed by atoms with van der Waals surface area (Å²) in [6, 6.07) is 19.4. The number of thioether (sulfide) groups is 1. The smallest absolute Gasteiger partial charge is 0.163 e. The highest BCUT2D eigenvalue weighted by Crippen LogP contribution is 2.35. The van der Waals surface area contributed by atoms with Gasteiger partial charge in [0.25, 0.3) is 0 Å². The highest BCUT2D eigenvalue weighted by Gasteiger charge is 2.13. The summed E-state index contributed by atoms with van der Waals surface area (Å²) in [5, 5.41) is 4.17. The quantitative estimate of drug-likeness (QED) is 0.175. The fourth-order valence-electron chi connectivity index (χ4n) is 3.38. The number of fused-ring (bicyclic) bond motifs is 1. The molecule has 0 unspecified atom stereocenters. The summed E-state index contributed by atoms with van der Waals surface area (Å²) in [5.41, 5.74) is 1.59. The van der Waals surface area contributed by atoms with Crippen LogP contribution in [0.25, 0.3) is 10.9 Å². The van der Waals surface area contributed by atoms with E-state index in [2.05, 4.69) is 15.3 Å². The molecule has 0 aliphatic heterocycles. The number of benzene rings is 3. The Morgan fingerprint density at radius 1 is 0.750 bits per heavy atom. The first-order valence-corrected chi connectivity index (χ1v) is 12.6. The maximum Gasteiger partial charge on any atom is 0.163 e. The molecule has 1 aromatic heterocycles. The van der Waals surface area contributed by atoms with Crippen LogP contribution in [0.3, 0.4) is 0 Å². The van der Waals surface area contributed by atoms with E-state index in [9.17, 15) is 0 Å². The molecule has 0 saturated carbocycles. The van der Waals surface area contributed by atoms with Gasteiger partial charge in [-0.15, -0.1) is 11.8 Å². The molecule has 0 aliphatic rings. The maximum atomic E-state index is 5.96. The number of hydrogen-bond donors (Lipinski definition) is 1. The molecule has 0 bridgehead atoms. The van der Waals surface area contributed by atoms with Crippen LogP contribution < -0.4 is 19.5 Å². The van der Waals surface area contributed by atoms with Crippen molar-refractivity contribution in [3.8, 4) is 23.0 Å². The predicted molar refractivity (Wildman–Crippen MR) is 142 cm³/mol. The van der Waals surface area contributed by atoms with Crippen molar-refractivity contribution in [2.24, 2.45) is 0 Å². The van der Waals surface area contributed by atoms with Crippen LogP contribution in [0, 0.1) is 0 Å². The van der Waals surface area contributed by atoms with Crippen LogP contribution >= 0.6 is 11.8 Å². The van der Waals surface area contributed by atoms with E-state index >= 15 is 0 Å². The van der Waals surface area contributed by atoms with E-state index in [0.717, 1.165) is 28.1 Å². The highest BCUT2D eigenvalue weighted by atomic mass is 32.2. The van der Waals surface area contributed by atoms with Crippen molar-refractivity contribution in [1.82, 2.24) is 9.97 Å². The zero-order valence-electron chi connectivity index (χ0n) is 20.5. The number of aromatic nitrogens is 2. The molecule has 4 rings (SSSR count). The zero-order chi connectivity index (χ0) is 25.2. The molecule has 188 valence electrons. The van der Waals surface area contributed by atoms with Gasteiger partial charge in [0.2, 0.25) is 0 Å². The molecule has 4 aromatic rings. The molecule has 0 radical (unpaired) electrons. The van der Waals surface area contributed by atoms with Gasteiger partial charge in [-0.1, -0.05) is 0 Å². The van der Waals surface area contributed by atoms with Crippen molar-refractivity contribution >= 4 is 34.2 Å². The summed E-state index contributed by atoms with van der Waals surface area (Å²) in [6.45, 7) is 1.71. The molecule has 36 heavy (non-hydrogen) atoms. The monoisotopic (exact) mass is 507 g/mol. The molecular formula is C27H29N3O5S. The third-order valence-corrected chi connectivity index (χ3v) is 5.95. The van der Waals surface area contributed by atoms with Crippen LogP contribution in [0.4, 0.5) is 11.5 Å². The Morgan fingerprint density at radius 3 is 1.97 bits per heavy atom. The first kappa shape index (κ1) is 25.6. The second-order valence-corrected chi connectivity index (χ2v) is 8.53. The lowest BCUT2D eigenvalue weighted by atomic mass is 10.2. The summed E-state index contributed by atoms with van der Waals surface area (Å²) in [4.78, 5) is 10.1. The van der Waals surface area contributed by atoms with Gasteiger partial charge < -0.3 is 29.0 Å². The molecule has 0 atom stereocenters. The average molecular weight is 508 g/mol. The van der Waals surface area contributed by atoms with Gasteiger partial charge >= 0.3 is 0 Å². The van der Waals surface area contributed by atoms with Gasteiger partial charge in [0.05, 0.1) is 18.7 Å². The van der Waals surface area contributed by atoms with Crippen LogP contribution in [0.1, 0.15) is 0 Å². The van der Waals surface area contributed by atoms with Crippen LogP contribution in [-0.2, 0) is 9.47 Å². The first-order chi connectivity index (χ1) is 17.7. The Kier molecular flexibility index (Phi) is 9.21. The highest BCUT2D eigenvalue weighted by molar-refractivity contribution is 7.98. The minimum atomic E-state index is 0.389. The number of nitrogens with one attached hydrogen (secondary N) is 1. The van der Waals surface area contributed by atoms with E-state index in [0.29, 0.717) is 43.7 Å². The summed E-state index contributed by atoms with van der Waals surface area (Å²) in [6.07, 6.45) is 3.57. The van der Waals surface area contributed by atoms with Gasteiger partial charge in [-0.3, -0.25) is 0 Å². The SMILES string of the molecule is COCCOc1cc2ncnc(Nc3ccc(Oc4ccc(SC)cc4)cc3)c2cc1OCCOC. The molecule has 1 N–H and O–H groups in total. The number of rotatable bonds is 13. The second-order valence-electron chi connectivity index (χ2n) is 7.65. The summed E-state index contributed by atoms with van der Waals surface area (Å²) in [5.74, 6) is 3.37. The fraction of sp³-hybridized carbons (Fsp3) is 0.259. The molecular weight excluding hydrogens is 478 g/mol. The van der Waals surface area contributed by atoms with Gasteiger partial charge in [-0.2, -0.15) is 0 Å². The van der Waals surface area contributed by atoms with E-state index in [4.69, 9.17) is 23.7 Å². The summed E-state index contributed by atoms with van der Waals surface area (Å²) >= 11 is 1.70. The average Bonchev–Trinajstić information content (AvgIpc) is 2.91. The van der Waals surface area contributed by atoms with E-state index < -0.39 is 0 Å². The topological polar surface area (TPSA) is 84.0 Å². The first-order valence-electron chi connectivity index (χ1n) is 11.4. The largest absolute Gasteiger partial charge is 0.487 e. The predicted octanol–water partition coefficient (Wildman–Crippen LogP) is 5.94. The minimum absolute atomic E-state index is 0.389. The van der Waals surface area contributed by atoms with Gasteiger partial charge in [-0.25, -0.2) is 9.97 Å². The lowest BCUT2D eigenvalue weighted by molar-refractivity contribution is 0.132. The normalized spacial score (nSPS) is 10.9. The van der Waals surface area contributed by atoms with Gasteiger partial charge in [0, 0.05) is 36.3 Å². The molecule has 9 heteroatoms. The third kappa shape index (κ3) is 6.78. The Labute approximate surface area is 214 Å². The number of ether oxygens (including phenoxy) is 5. The standard InChI is InChI=1S/C27H29N3O5S/c1-31-12-14-33-25-16-23-24(17-26(25)34-15-13-32-2)28-18-29-27(23)30-19-4-6-20(7-5-19)35-21-8-10-22(36-3)11-9-21/h4-11,16-18H,12-15H2,1-3H3,(H,28,29,30). The molecule has 3 aromatic carbocycles. The molecule has 0 amide bonds. The molecule has 0 saturated heterocycles. The Balaban J connectivity index is 1.53. The Hall–Kier alpha value is -3.53. The molecule has 0 spiro atoms. The van der Waals surface area contributed by atoms with Crippen molar-refractivity contribution < 1.29 is 23.7 Å². The van der Waals surface area contributed by atoms with Crippen molar-refractivity contribution in [3.05, 3.63) is 67.0 Å². The maximum absolute atomic E-state index is 5.96. The van der Waals surface area contributed by atoms with Gasteiger partial charge in [-0.05, 0) is 60.9 Å². The van der Waals surface area contributed by atoms with E-state index in [1.165, 1.54) is 11.2 Å². The van der Waals surface area contributed by atoms with Crippen LogP contribution in [0.5, 0.6) is 23.0 Å². The Morgan fingerprint density at radius 2 is 1.36 bits per heavy atom. The van der Waals surface area contributed by atoms with E-state index in [1.54, 1.807) is 26.0 Å². The van der Waals surface area contributed by atoms with Crippen molar-refractivity contribution in [2.75, 3.05) is 52.2 Å².